The molecule has 0 saturated carbocycles. The second kappa shape index (κ2) is 8.71. The first-order valence-electron chi connectivity index (χ1n) is 12.9. The number of halogens is 1. The Morgan fingerprint density at radius 1 is 1.29 bits per heavy atom. The van der Waals surface area contributed by atoms with Crippen molar-refractivity contribution >= 4 is 22.8 Å². The molecule has 1 aromatic carbocycles. The zero-order valence-corrected chi connectivity index (χ0v) is 21.4. The average molecular weight is 522 g/mol. The van der Waals surface area contributed by atoms with E-state index in [1.54, 1.807) is 24.5 Å². The van der Waals surface area contributed by atoms with Gasteiger partial charge in [0.05, 0.1) is 35.1 Å². The number of aromatic nitrogens is 2. The number of aryl methyl sites for hydroxylation is 1. The van der Waals surface area contributed by atoms with Gasteiger partial charge < -0.3 is 24.5 Å². The van der Waals surface area contributed by atoms with E-state index in [1.807, 2.05) is 6.92 Å². The second-order valence-corrected chi connectivity index (χ2v) is 10.1. The van der Waals surface area contributed by atoms with Crippen molar-refractivity contribution in [1.82, 2.24) is 14.9 Å². The number of fused-ring (bicyclic) bond motifs is 5. The molecule has 2 atom stereocenters. The second-order valence-electron chi connectivity index (χ2n) is 10.1. The maximum absolute atomic E-state index is 15.0. The lowest BCUT2D eigenvalue weighted by molar-refractivity contribution is -0.172. The fourth-order valence-corrected chi connectivity index (χ4v) is 6.13. The van der Waals surface area contributed by atoms with E-state index in [0.717, 1.165) is 22.1 Å². The summed E-state index contributed by atoms with van der Waals surface area (Å²) in [5.74, 6) is -1.42. The van der Waals surface area contributed by atoms with E-state index in [-0.39, 0.29) is 60.6 Å². The van der Waals surface area contributed by atoms with Crippen molar-refractivity contribution in [2.45, 2.75) is 64.8 Å². The molecule has 9 nitrogen and oxygen atoms in total. The van der Waals surface area contributed by atoms with Gasteiger partial charge in [-0.2, -0.15) is 0 Å². The molecule has 3 aromatic rings. The van der Waals surface area contributed by atoms with E-state index in [2.05, 4.69) is 5.32 Å². The smallest absolute Gasteiger partial charge is 0.343 e. The first kappa shape index (κ1) is 24.7. The molecule has 2 N–H and O–H groups in total. The molecule has 198 valence electrons. The van der Waals surface area contributed by atoms with Crippen molar-refractivity contribution in [3.8, 4) is 11.4 Å². The van der Waals surface area contributed by atoms with Gasteiger partial charge in [0, 0.05) is 29.2 Å². The third kappa shape index (κ3) is 3.36. The number of pyridine rings is 2. The molecule has 3 aliphatic rings. The average Bonchev–Trinajstić information content (AvgIpc) is 3.27. The van der Waals surface area contributed by atoms with Gasteiger partial charge in [-0.1, -0.05) is 6.92 Å². The first-order chi connectivity index (χ1) is 18.2. The van der Waals surface area contributed by atoms with E-state index in [0.29, 0.717) is 41.9 Å². The van der Waals surface area contributed by atoms with Crippen molar-refractivity contribution in [2.75, 3.05) is 13.2 Å². The molecular weight excluding hydrogens is 493 g/mol. The highest BCUT2D eigenvalue weighted by Crippen LogP contribution is 2.45. The summed E-state index contributed by atoms with van der Waals surface area (Å²) in [6.07, 6.45) is 1.16. The number of carbonyl (C=O) groups is 2. The van der Waals surface area contributed by atoms with Gasteiger partial charge in [-0.15, -0.1) is 0 Å². The Kier molecular flexibility index (Phi) is 5.66. The molecule has 10 heteroatoms. The third-order valence-electron chi connectivity index (χ3n) is 8.15. The SMILES string of the molecule is CCOCC(=O)N[C@H]1CCc2c(C)c(F)cc3nc4c(c1c23)Cn1c-4cc2c(c1=O)COC(=O)[C@]2(O)CC. The maximum Gasteiger partial charge on any atom is 0.343 e. The molecule has 0 fully saturated rings. The third-order valence-corrected chi connectivity index (χ3v) is 8.15. The van der Waals surface area contributed by atoms with Gasteiger partial charge in [0.15, 0.2) is 5.60 Å². The van der Waals surface area contributed by atoms with Crippen LogP contribution in [-0.4, -0.2) is 39.7 Å². The molecule has 1 amide bonds. The first-order valence-corrected chi connectivity index (χ1v) is 12.9. The number of amides is 1. The van der Waals surface area contributed by atoms with Crippen molar-refractivity contribution in [3.63, 3.8) is 0 Å². The van der Waals surface area contributed by atoms with E-state index in [9.17, 15) is 23.9 Å². The predicted octanol–water partition coefficient (Wildman–Crippen LogP) is 2.67. The summed E-state index contributed by atoms with van der Waals surface area (Å²) in [5.41, 5.74) is 2.46. The Bertz CT molecular complexity index is 1610. The predicted molar refractivity (Wildman–Crippen MR) is 135 cm³/mol. The fraction of sp³-hybridized carbons (Fsp3) is 0.429. The van der Waals surface area contributed by atoms with E-state index >= 15 is 0 Å². The Morgan fingerprint density at radius 2 is 2.08 bits per heavy atom. The van der Waals surface area contributed by atoms with Crippen LogP contribution in [0.4, 0.5) is 4.39 Å². The maximum atomic E-state index is 15.0. The van der Waals surface area contributed by atoms with Crippen LogP contribution in [0.2, 0.25) is 0 Å². The van der Waals surface area contributed by atoms with Gasteiger partial charge >= 0.3 is 5.97 Å². The number of nitrogens with zero attached hydrogens (tertiary/aromatic N) is 2. The van der Waals surface area contributed by atoms with Crippen LogP contribution in [-0.2, 0) is 44.2 Å². The molecule has 38 heavy (non-hydrogen) atoms. The topological polar surface area (TPSA) is 120 Å². The van der Waals surface area contributed by atoms with Crippen LogP contribution in [0, 0.1) is 12.7 Å². The molecular formula is C28H28FN3O6. The summed E-state index contributed by atoms with van der Waals surface area (Å²) >= 11 is 0. The summed E-state index contributed by atoms with van der Waals surface area (Å²) in [6, 6.07) is 2.65. The number of nitrogens with one attached hydrogen (secondary N) is 1. The highest BCUT2D eigenvalue weighted by atomic mass is 19.1. The quantitative estimate of drug-likeness (QED) is 0.388. The minimum atomic E-state index is -1.94. The number of aliphatic hydroxyl groups is 1. The summed E-state index contributed by atoms with van der Waals surface area (Å²) in [7, 11) is 0. The molecule has 1 aliphatic carbocycles. The molecule has 2 aromatic heterocycles. The zero-order valence-electron chi connectivity index (χ0n) is 21.4. The van der Waals surface area contributed by atoms with Crippen LogP contribution in [0.1, 0.15) is 66.1 Å². The normalized spacial score (nSPS) is 21.1. The fourth-order valence-electron chi connectivity index (χ4n) is 6.13. The number of esters is 1. The van der Waals surface area contributed by atoms with Crippen molar-refractivity contribution in [3.05, 3.63) is 61.7 Å². The number of hydrogen-bond donors (Lipinski definition) is 2. The van der Waals surface area contributed by atoms with Crippen LogP contribution in [0.5, 0.6) is 0 Å². The Hall–Kier alpha value is -3.63. The van der Waals surface area contributed by atoms with Crippen LogP contribution in [0.25, 0.3) is 22.3 Å². The highest BCUT2D eigenvalue weighted by Gasteiger charge is 2.46. The lowest BCUT2D eigenvalue weighted by Crippen LogP contribution is -2.44. The standard InChI is InChI=1S/C28H28FN3O6/c1-4-28(36)17-8-21-25-15(10-32(21)26(34)16(17)11-38-27(28)35)24-19(30-22(33)12-37-5-2)7-6-14-13(3)18(29)9-20(31-25)23(14)24/h8-9,19,36H,4-7,10-12H2,1-3H3,(H,30,33)/t19-,28-/m0/s1. The summed E-state index contributed by atoms with van der Waals surface area (Å²) in [6.45, 7) is 5.51. The minimum Gasteiger partial charge on any atom is -0.458 e. The molecule has 4 heterocycles. The van der Waals surface area contributed by atoms with Gasteiger partial charge in [0.1, 0.15) is 19.0 Å². The largest absolute Gasteiger partial charge is 0.458 e. The van der Waals surface area contributed by atoms with Gasteiger partial charge in [0.2, 0.25) is 5.91 Å². The van der Waals surface area contributed by atoms with Gasteiger partial charge in [0.25, 0.3) is 5.56 Å². The molecule has 0 radical (unpaired) electrons. The Morgan fingerprint density at radius 3 is 2.82 bits per heavy atom. The van der Waals surface area contributed by atoms with E-state index in [1.165, 1.54) is 6.07 Å². The van der Waals surface area contributed by atoms with E-state index in [4.69, 9.17) is 14.5 Å². The van der Waals surface area contributed by atoms with Crippen molar-refractivity contribution in [2.24, 2.45) is 0 Å². The Labute approximate surface area is 217 Å². The lowest BCUT2D eigenvalue weighted by Gasteiger charge is -2.31. The molecule has 6 rings (SSSR count). The van der Waals surface area contributed by atoms with Crippen LogP contribution in [0.3, 0.4) is 0 Å². The summed E-state index contributed by atoms with van der Waals surface area (Å²) in [5, 5.41) is 15.0. The molecule has 0 saturated heterocycles. The molecule has 0 spiro atoms. The van der Waals surface area contributed by atoms with E-state index < -0.39 is 11.6 Å². The van der Waals surface area contributed by atoms with Gasteiger partial charge in [-0.25, -0.2) is 14.2 Å². The summed E-state index contributed by atoms with van der Waals surface area (Å²) in [4.78, 5) is 43.6. The molecule has 0 bridgehead atoms. The number of hydrogen-bond acceptors (Lipinski definition) is 7. The monoisotopic (exact) mass is 521 g/mol. The number of carbonyl (C=O) groups excluding carboxylic acids is 2. The Balaban J connectivity index is 1.60. The number of rotatable bonds is 5. The number of ether oxygens (including phenoxy) is 2. The van der Waals surface area contributed by atoms with Crippen LogP contribution >= 0.6 is 0 Å². The van der Waals surface area contributed by atoms with Gasteiger partial charge in [-0.3, -0.25) is 9.59 Å². The number of benzene rings is 1. The van der Waals surface area contributed by atoms with Crippen molar-refractivity contribution < 1.29 is 28.6 Å². The lowest BCUT2D eigenvalue weighted by atomic mass is 9.81. The van der Waals surface area contributed by atoms with Gasteiger partial charge in [-0.05, 0) is 55.9 Å². The molecule has 0 unspecified atom stereocenters. The minimum absolute atomic E-state index is 0.0345. The molecule has 2 aliphatic heterocycles. The number of cyclic esters (lactones) is 1. The van der Waals surface area contributed by atoms with Crippen LogP contribution < -0.4 is 10.9 Å². The summed E-state index contributed by atoms with van der Waals surface area (Å²) < 4.78 is 27.0. The van der Waals surface area contributed by atoms with Crippen molar-refractivity contribution in [1.29, 1.82) is 0 Å². The highest BCUT2D eigenvalue weighted by molar-refractivity contribution is 5.94. The zero-order chi connectivity index (χ0) is 26.9. The van der Waals surface area contributed by atoms with Crippen LogP contribution in [0.15, 0.2) is 16.9 Å².